The third kappa shape index (κ3) is 6.86. The van der Waals surface area contributed by atoms with E-state index >= 15 is 0 Å². The fourth-order valence-electron chi connectivity index (χ4n) is 7.47. The quantitative estimate of drug-likeness (QED) is 0.390. The fraction of sp³-hybridized carbons (Fsp3) is 0.583. The van der Waals surface area contributed by atoms with Gasteiger partial charge in [-0.1, -0.05) is 51.3 Å². The van der Waals surface area contributed by atoms with Crippen molar-refractivity contribution < 1.29 is 17.9 Å². The molecule has 1 saturated carbocycles. The number of para-hydroxylation sites is 1. The lowest BCUT2D eigenvalue weighted by molar-refractivity contribution is 0.0958. The van der Waals surface area contributed by atoms with E-state index in [0.29, 0.717) is 37.6 Å². The molecule has 9 nitrogen and oxygen atoms in total. The summed E-state index contributed by atoms with van der Waals surface area (Å²) in [5, 5.41) is 1.15. The maximum Gasteiger partial charge on any atom is 0.303 e. The van der Waals surface area contributed by atoms with Crippen molar-refractivity contribution in [1.29, 1.82) is 0 Å². The number of rotatable bonds is 4. The van der Waals surface area contributed by atoms with Gasteiger partial charge in [0.25, 0.3) is 5.91 Å². The van der Waals surface area contributed by atoms with Gasteiger partial charge in [0.05, 0.1) is 11.7 Å². The first-order chi connectivity index (χ1) is 21.9. The topological polar surface area (TPSA) is 87.1 Å². The summed E-state index contributed by atoms with van der Waals surface area (Å²) in [4.78, 5) is 18.4. The Hall–Kier alpha value is -2.92. The molecular formula is C36H51N5O4S. The number of carbonyl (C=O) groups is 1. The van der Waals surface area contributed by atoms with E-state index in [1.165, 1.54) is 34.8 Å². The highest BCUT2D eigenvalue weighted by atomic mass is 32.2. The van der Waals surface area contributed by atoms with Crippen LogP contribution in [0.2, 0.25) is 0 Å². The summed E-state index contributed by atoms with van der Waals surface area (Å²) in [6, 6.07) is 14.2. The fourth-order valence-corrected chi connectivity index (χ4v) is 8.31. The van der Waals surface area contributed by atoms with Gasteiger partial charge < -0.3 is 14.2 Å². The molecule has 1 N–H and O–H groups in total. The van der Waals surface area contributed by atoms with Crippen LogP contribution in [0.5, 0.6) is 5.75 Å². The van der Waals surface area contributed by atoms with Crippen LogP contribution in [-0.2, 0) is 16.8 Å². The smallest absolute Gasteiger partial charge is 0.303 e. The number of amides is 1. The molecular weight excluding hydrogens is 598 g/mol. The molecule has 6 rings (SSSR count). The minimum atomic E-state index is -4.00. The van der Waals surface area contributed by atoms with Crippen molar-refractivity contribution in [3.63, 3.8) is 0 Å². The van der Waals surface area contributed by atoms with Gasteiger partial charge in [-0.15, -0.1) is 0 Å². The second-order valence-electron chi connectivity index (χ2n) is 14.7. The molecule has 3 heterocycles. The van der Waals surface area contributed by atoms with Crippen molar-refractivity contribution in [3.05, 3.63) is 53.6 Å². The van der Waals surface area contributed by atoms with Crippen molar-refractivity contribution in [3.8, 4) is 17.0 Å². The molecule has 3 aromatic rings. The summed E-state index contributed by atoms with van der Waals surface area (Å²) in [7, 11) is 1.77. The second kappa shape index (κ2) is 13.3. The number of carbonyl (C=O) groups excluding carboxylic acids is 1. The van der Waals surface area contributed by atoms with Crippen LogP contribution in [0.15, 0.2) is 42.5 Å². The third-order valence-corrected chi connectivity index (χ3v) is 12.0. The van der Waals surface area contributed by atoms with E-state index in [9.17, 15) is 13.2 Å². The van der Waals surface area contributed by atoms with Crippen LogP contribution in [0.1, 0.15) is 80.6 Å². The lowest BCUT2D eigenvalue weighted by atomic mass is 9.81. The van der Waals surface area contributed by atoms with Crippen molar-refractivity contribution in [2.75, 3.05) is 53.9 Å². The second-order valence-corrected chi connectivity index (χ2v) is 16.4. The van der Waals surface area contributed by atoms with Crippen LogP contribution >= 0.6 is 0 Å². The van der Waals surface area contributed by atoms with E-state index in [1.807, 2.05) is 12.1 Å². The molecule has 0 spiro atoms. The number of aromatic nitrogens is 1. The maximum atomic E-state index is 13.6. The Morgan fingerprint density at radius 2 is 1.76 bits per heavy atom. The van der Waals surface area contributed by atoms with Gasteiger partial charge in [-0.25, -0.2) is 4.72 Å². The van der Waals surface area contributed by atoms with Gasteiger partial charge in [0, 0.05) is 55.3 Å². The van der Waals surface area contributed by atoms with Crippen LogP contribution in [0.4, 0.5) is 0 Å². The Labute approximate surface area is 275 Å². The molecule has 2 aliphatic heterocycles. The molecule has 1 fully saturated rings. The number of likely N-dealkylation sites (N-methyl/N-ethyl adjacent to an activating group) is 1. The van der Waals surface area contributed by atoms with Crippen LogP contribution in [0.3, 0.4) is 0 Å². The summed E-state index contributed by atoms with van der Waals surface area (Å²) in [6.07, 6.45) is 7.53. The highest BCUT2D eigenvalue weighted by molar-refractivity contribution is 7.87. The van der Waals surface area contributed by atoms with Crippen molar-refractivity contribution in [1.82, 2.24) is 23.4 Å². The number of nitrogens with zero attached hydrogens (tertiary/aromatic N) is 4. The molecule has 0 saturated heterocycles. The summed E-state index contributed by atoms with van der Waals surface area (Å²) >= 11 is 0. The largest absolute Gasteiger partial charge is 0.491 e. The minimum absolute atomic E-state index is 0.103. The predicted molar refractivity (Wildman–Crippen MR) is 185 cm³/mol. The molecule has 3 aliphatic rings. The molecule has 1 atom stereocenters. The average molecular weight is 650 g/mol. The molecule has 0 radical (unpaired) electrons. The molecule has 46 heavy (non-hydrogen) atoms. The molecule has 1 aliphatic carbocycles. The van der Waals surface area contributed by atoms with E-state index in [2.05, 4.69) is 71.3 Å². The molecule has 2 aromatic carbocycles. The Morgan fingerprint density at radius 1 is 1.02 bits per heavy atom. The first-order valence-electron chi connectivity index (χ1n) is 17.0. The Morgan fingerprint density at radius 3 is 2.52 bits per heavy atom. The number of fused-ring (bicyclic) bond motifs is 4. The summed E-state index contributed by atoms with van der Waals surface area (Å²) in [5.41, 5.74) is 4.82. The number of benzene rings is 2. The maximum absolute atomic E-state index is 13.6. The van der Waals surface area contributed by atoms with Crippen LogP contribution in [-0.4, -0.2) is 93.0 Å². The van der Waals surface area contributed by atoms with Gasteiger partial charge >= 0.3 is 10.2 Å². The summed E-state index contributed by atoms with van der Waals surface area (Å²) in [6.45, 7) is 8.70. The highest BCUT2D eigenvalue weighted by Crippen LogP contribution is 2.47. The zero-order valence-corrected chi connectivity index (χ0v) is 29.0. The van der Waals surface area contributed by atoms with E-state index in [-0.39, 0.29) is 11.5 Å². The first-order valence-corrected chi connectivity index (χ1v) is 18.4. The lowest BCUT2D eigenvalue weighted by Gasteiger charge is -2.37. The zero-order valence-electron chi connectivity index (χ0n) is 28.2. The molecule has 1 aromatic heterocycles. The Kier molecular flexibility index (Phi) is 9.54. The number of hydrogen-bond donors (Lipinski definition) is 1. The van der Waals surface area contributed by atoms with Crippen molar-refractivity contribution >= 4 is 27.0 Å². The summed E-state index contributed by atoms with van der Waals surface area (Å²) in [5.74, 6) is 0.697. The van der Waals surface area contributed by atoms with Crippen LogP contribution in [0.25, 0.3) is 22.2 Å². The SMILES string of the molecule is CN(C)CCN1CCC(C)(C)CCN(C)S(=O)(=O)NC(=O)c2ccc3c(C4CCCCC4)c4n(c3c2)C[C@@H]1COc1ccccc1-4. The van der Waals surface area contributed by atoms with Crippen molar-refractivity contribution in [2.45, 2.75) is 77.3 Å². The standard InChI is InChI=1S/C36H51N5O4S/c1-36(2)17-19-39(5)46(43,44)37-35(42)27-15-16-29-31(23-27)41-24-28(40(20-18-36)22-21-38(3)4)25-45-32-14-10-9-13-30(32)34(41)33(29)26-11-7-6-8-12-26/h9-10,13-16,23,26,28H,6-8,11-12,17-22,24-25H2,1-5H3,(H,37,42)/t28-/m1/s1. The average Bonchev–Trinajstić information content (AvgIpc) is 3.33. The van der Waals surface area contributed by atoms with Gasteiger partial charge in [0.1, 0.15) is 12.4 Å². The van der Waals surface area contributed by atoms with Crippen LogP contribution < -0.4 is 9.46 Å². The summed E-state index contributed by atoms with van der Waals surface area (Å²) < 4.78 is 39.4. The number of hydrogen-bond acceptors (Lipinski definition) is 6. The molecule has 1 amide bonds. The van der Waals surface area contributed by atoms with E-state index < -0.39 is 16.1 Å². The zero-order chi connectivity index (χ0) is 32.6. The van der Waals surface area contributed by atoms with E-state index in [4.69, 9.17) is 4.74 Å². The van der Waals surface area contributed by atoms with Gasteiger partial charge in [-0.05, 0) is 87.5 Å². The monoisotopic (exact) mass is 649 g/mol. The molecule has 0 unspecified atom stereocenters. The first kappa shape index (κ1) is 33.0. The van der Waals surface area contributed by atoms with Crippen molar-refractivity contribution in [2.24, 2.45) is 5.41 Å². The predicted octanol–water partition coefficient (Wildman–Crippen LogP) is 5.71. The lowest BCUT2D eigenvalue weighted by Crippen LogP contribution is -2.47. The Balaban J connectivity index is 1.58. The third-order valence-electron chi connectivity index (χ3n) is 10.5. The van der Waals surface area contributed by atoms with E-state index in [0.717, 1.165) is 61.1 Å². The Bertz CT molecular complexity index is 1670. The van der Waals surface area contributed by atoms with Gasteiger partial charge in [0.15, 0.2) is 0 Å². The van der Waals surface area contributed by atoms with Gasteiger partial charge in [-0.3, -0.25) is 9.69 Å². The molecule has 250 valence electrons. The van der Waals surface area contributed by atoms with E-state index in [1.54, 1.807) is 13.1 Å². The molecule has 4 bridgehead atoms. The van der Waals surface area contributed by atoms with Gasteiger partial charge in [-0.2, -0.15) is 12.7 Å². The number of ether oxygens (including phenoxy) is 1. The molecule has 10 heteroatoms. The van der Waals surface area contributed by atoms with Gasteiger partial charge in [0.2, 0.25) is 0 Å². The highest BCUT2D eigenvalue weighted by Gasteiger charge is 2.34. The number of nitrogens with one attached hydrogen (secondary N) is 1. The normalized spacial score (nSPS) is 23.2. The van der Waals surface area contributed by atoms with Crippen LogP contribution in [0, 0.1) is 5.41 Å². The minimum Gasteiger partial charge on any atom is -0.491 e.